The lowest BCUT2D eigenvalue weighted by molar-refractivity contribution is 0.298. The van der Waals surface area contributed by atoms with E-state index in [4.69, 9.17) is 5.73 Å². The third-order valence-electron chi connectivity index (χ3n) is 2.37. The van der Waals surface area contributed by atoms with E-state index in [1.54, 1.807) is 0 Å². The second kappa shape index (κ2) is 8.52. The van der Waals surface area contributed by atoms with Crippen molar-refractivity contribution in [3.8, 4) is 0 Å². The maximum atomic E-state index is 5.99. The molecule has 0 rings (SSSR count). The minimum absolute atomic E-state index is 0.377. The molecule has 0 aliphatic rings. The molecule has 0 amide bonds. The third-order valence-corrected chi connectivity index (χ3v) is 2.37. The highest BCUT2D eigenvalue weighted by Crippen LogP contribution is 2.00. The van der Waals surface area contributed by atoms with Crippen LogP contribution in [0.25, 0.3) is 0 Å². The molecule has 0 aromatic carbocycles. The van der Waals surface area contributed by atoms with Crippen LogP contribution in [-0.2, 0) is 0 Å². The summed E-state index contributed by atoms with van der Waals surface area (Å²) in [5.74, 6) is 0. The fourth-order valence-electron chi connectivity index (χ4n) is 1.48. The van der Waals surface area contributed by atoms with Crippen LogP contribution in [0.1, 0.15) is 46.0 Å². The molecule has 13 heavy (non-hydrogen) atoms. The summed E-state index contributed by atoms with van der Waals surface area (Å²) in [6.07, 6.45) is 6.26. The Labute approximate surface area is 83.5 Å². The number of nitrogens with two attached hydrogens (primary N) is 1. The zero-order valence-electron chi connectivity index (χ0n) is 9.55. The van der Waals surface area contributed by atoms with E-state index in [2.05, 4.69) is 25.8 Å². The van der Waals surface area contributed by atoms with E-state index in [1.807, 2.05) is 0 Å². The number of rotatable bonds is 8. The lowest BCUT2D eigenvalue weighted by Gasteiger charge is -2.20. The molecule has 80 valence electrons. The Morgan fingerprint density at radius 1 is 1.15 bits per heavy atom. The Balaban J connectivity index is 3.35. The molecule has 0 saturated heterocycles. The summed E-state index contributed by atoms with van der Waals surface area (Å²) in [6, 6.07) is 0.377. The maximum absolute atomic E-state index is 5.99. The zero-order chi connectivity index (χ0) is 10.1. The van der Waals surface area contributed by atoms with Crippen molar-refractivity contribution in [1.82, 2.24) is 4.90 Å². The number of hydrogen-bond donors (Lipinski definition) is 1. The summed E-state index contributed by atoms with van der Waals surface area (Å²) in [6.45, 7) is 6.69. The Kier molecular flexibility index (Phi) is 8.46. The van der Waals surface area contributed by atoms with Crippen LogP contribution in [0.2, 0.25) is 0 Å². The van der Waals surface area contributed by atoms with Crippen molar-refractivity contribution in [2.45, 2.75) is 52.0 Å². The first-order valence-electron chi connectivity index (χ1n) is 5.64. The number of unbranched alkanes of at least 4 members (excludes halogenated alkanes) is 2. The highest BCUT2D eigenvalue weighted by atomic mass is 15.1. The van der Waals surface area contributed by atoms with Crippen molar-refractivity contribution >= 4 is 0 Å². The standard InChI is InChI=1S/C11H26N2/c1-4-6-8-11(12)10-13(3)9-7-5-2/h11H,4-10,12H2,1-3H3. The molecule has 0 spiro atoms. The Morgan fingerprint density at radius 2 is 1.77 bits per heavy atom. The van der Waals surface area contributed by atoms with Crippen molar-refractivity contribution < 1.29 is 0 Å². The molecule has 2 nitrogen and oxygen atoms in total. The molecule has 0 heterocycles. The van der Waals surface area contributed by atoms with Gasteiger partial charge in [0.15, 0.2) is 0 Å². The minimum atomic E-state index is 0.377. The number of likely N-dealkylation sites (N-methyl/N-ethyl adjacent to an activating group) is 1. The average molecular weight is 186 g/mol. The van der Waals surface area contributed by atoms with Crippen molar-refractivity contribution in [1.29, 1.82) is 0 Å². The van der Waals surface area contributed by atoms with Crippen molar-refractivity contribution in [3.63, 3.8) is 0 Å². The Hall–Kier alpha value is -0.0800. The quantitative estimate of drug-likeness (QED) is 0.630. The van der Waals surface area contributed by atoms with Crippen LogP contribution < -0.4 is 5.73 Å². The maximum Gasteiger partial charge on any atom is 0.0167 e. The van der Waals surface area contributed by atoms with Gasteiger partial charge in [-0.2, -0.15) is 0 Å². The molecular weight excluding hydrogens is 160 g/mol. The third kappa shape index (κ3) is 8.26. The molecule has 2 N–H and O–H groups in total. The SMILES string of the molecule is CCCCC(N)CN(C)CCCC. The molecule has 0 aromatic heterocycles. The van der Waals surface area contributed by atoms with Crippen molar-refractivity contribution in [2.24, 2.45) is 5.73 Å². The molecule has 0 bridgehead atoms. The van der Waals surface area contributed by atoms with E-state index in [0.717, 1.165) is 6.54 Å². The fourth-order valence-corrected chi connectivity index (χ4v) is 1.48. The predicted octanol–water partition coefficient (Wildman–Crippen LogP) is 2.24. The van der Waals surface area contributed by atoms with Crippen LogP contribution >= 0.6 is 0 Å². The smallest absolute Gasteiger partial charge is 0.0167 e. The lowest BCUT2D eigenvalue weighted by Crippen LogP contribution is -2.35. The van der Waals surface area contributed by atoms with Gasteiger partial charge in [0.2, 0.25) is 0 Å². The first kappa shape index (κ1) is 12.9. The first-order valence-corrected chi connectivity index (χ1v) is 5.64. The second-order valence-corrected chi connectivity index (χ2v) is 4.02. The van der Waals surface area contributed by atoms with Crippen molar-refractivity contribution in [2.75, 3.05) is 20.1 Å². The highest BCUT2D eigenvalue weighted by Gasteiger charge is 2.05. The molecule has 2 heteroatoms. The normalized spacial score (nSPS) is 13.6. The van der Waals surface area contributed by atoms with E-state index >= 15 is 0 Å². The molecule has 0 saturated carbocycles. The van der Waals surface area contributed by atoms with Gasteiger partial charge in [0.05, 0.1) is 0 Å². The Bertz CT molecular complexity index is 92.3. The van der Waals surface area contributed by atoms with Gasteiger partial charge in [0.1, 0.15) is 0 Å². The van der Waals surface area contributed by atoms with E-state index < -0.39 is 0 Å². The molecule has 1 unspecified atom stereocenters. The molecule has 0 aliphatic carbocycles. The van der Waals surface area contributed by atoms with Crippen LogP contribution in [0.5, 0.6) is 0 Å². The van der Waals surface area contributed by atoms with E-state index in [1.165, 1.54) is 38.6 Å². The zero-order valence-corrected chi connectivity index (χ0v) is 9.55. The monoisotopic (exact) mass is 186 g/mol. The summed E-state index contributed by atoms with van der Waals surface area (Å²) >= 11 is 0. The van der Waals surface area contributed by atoms with E-state index in [9.17, 15) is 0 Å². The van der Waals surface area contributed by atoms with Crippen LogP contribution in [0, 0.1) is 0 Å². The largest absolute Gasteiger partial charge is 0.327 e. The van der Waals surface area contributed by atoms with Gasteiger partial charge in [0.25, 0.3) is 0 Å². The van der Waals surface area contributed by atoms with Gasteiger partial charge in [-0.3, -0.25) is 0 Å². The number of hydrogen-bond acceptors (Lipinski definition) is 2. The lowest BCUT2D eigenvalue weighted by atomic mass is 10.1. The molecule has 0 radical (unpaired) electrons. The molecule has 0 fully saturated rings. The average Bonchev–Trinajstić information content (AvgIpc) is 2.11. The first-order chi connectivity index (χ1) is 6.20. The fraction of sp³-hybridized carbons (Fsp3) is 1.00. The van der Waals surface area contributed by atoms with Gasteiger partial charge in [-0.25, -0.2) is 0 Å². The topological polar surface area (TPSA) is 29.3 Å². The summed E-state index contributed by atoms with van der Waals surface area (Å²) in [5, 5.41) is 0. The molecule has 0 aliphatic heterocycles. The van der Waals surface area contributed by atoms with Crippen LogP contribution in [0.4, 0.5) is 0 Å². The van der Waals surface area contributed by atoms with Crippen LogP contribution in [0.3, 0.4) is 0 Å². The van der Waals surface area contributed by atoms with Gasteiger partial charge in [-0.1, -0.05) is 33.1 Å². The predicted molar refractivity (Wildman–Crippen MR) is 59.9 cm³/mol. The van der Waals surface area contributed by atoms with Crippen LogP contribution in [-0.4, -0.2) is 31.1 Å². The Morgan fingerprint density at radius 3 is 2.31 bits per heavy atom. The van der Waals surface area contributed by atoms with Gasteiger partial charge in [-0.05, 0) is 26.4 Å². The van der Waals surface area contributed by atoms with E-state index in [-0.39, 0.29) is 0 Å². The van der Waals surface area contributed by atoms with Gasteiger partial charge >= 0.3 is 0 Å². The second-order valence-electron chi connectivity index (χ2n) is 4.02. The molecular formula is C11H26N2. The highest BCUT2D eigenvalue weighted by molar-refractivity contribution is 4.65. The van der Waals surface area contributed by atoms with Gasteiger partial charge < -0.3 is 10.6 Å². The molecule has 0 aromatic rings. The summed E-state index contributed by atoms with van der Waals surface area (Å²) < 4.78 is 0. The van der Waals surface area contributed by atoms with Crippen LogP contribution in [0.15, 0.2) is 0 Å². The van der Waals surface area contributed by atoms with Crippen molar-refractivity contribution in [3.05, 3.63) is 0 Å². The van der Waals surface area contributed by atoms with Gasteiger partial charge in [-0.15, -0.1) is 0 Å². The summed E-state index contributed by atoms with van der Waals surface area (Å²) in [5.41, 5.74) is 5.99. The molecule has 1 atom stereocenters. The van der Waals surface area contributed by atoms with E-state index in [0.29, 0.717) is 6.04 Å². The number of nitrogens with zero attached hydrogens (tertiary/aromatic N) is 1. The van der Waals surface area contributed by atoms with Gasteiger partial charge in [0, 0.05) is 12.6 Å². The summed E-state index contributed by atoms with van der Waals surface area (Å²) in [7, 11) is 2.17. The summed E-state index contributed by atoms with van der Waals surface area (Å²) in [4.78, 5) is 2.35. The minimum Gasteiger partial charge on any atom is -0.327 e.